The van der Waals surface area contributed by atoms with Crippen LogP contribution in [-0.4, -0.2) is 16.2 Å². The van der Waals surface area contributed by atoms with Crippen molar-refractivity contribution < 1.29 is 14.1 Å². The van der Waals surface area contributed by atoms with Crippen molar-refractivity contribution in [3.63, 3.8) is 0 Å². The molecule has 1 N–H and O–H groups in total. The number of nitrogens with one attached hydrogen (secondary N) is 1. The summed E-state index contributed by atoms with van der Waals surface area (Å²) in [6.07, 6.45) is 1.13. The molecular formula is C20H24N2O4. The van der Waals surface area contributed by atoms with Gasteiger partial charge in [-0.1, -0.05) is 13.8 Å². The summed E-state index contributed by atoms with van der Waals surface area (Å²) in [5.41, 5.74) is 1.65. The Labute approximate surface area is 152 Å². The minimum Gasteiger partial charge on any atom is -0.444 e. The summed E-state index contributed by atoms with van der Waals surface area (Å²) in [4.78, 5) is 23.3. The van der Waals surface area contributed by atoms with Crippen LogP contribution in [0.1, 0.15) is 57.2 Å². The van der Waals surface area contributed by atoms with Crippen LogP contribution < -0.4 is 5.32 Å². The molecule has 26 heavy (non-hydrogen) atoms. The average molecular weight is 356 g/mol. The summed E-state index contributed by atoms with van der Waals surface area (Å²) >= 11 is 0. The van der Waals surface area contributed by atoms with Crippen LogP contribution in [0.4, 0.5) is 11.6 Å². The maximum Gasteiger partial charge on any atom is 0.269 e. The molecule has 0 fully saturated rings. The Morgan fingerprint density at radius 1 is 1.12 bits per heavy atom. The quantitative estimate of drug-likeness (QED) is 0.602. The number of nitro groups is 1. The Morgan fingerprint density at radius 3 is 2.27 bits per heavy atom. The Kier molecular flexibility index (Phi) is 4.17. The first-order chi connectivity index (χ1) is 12.0. The summed E-state index contributed by atoms with van der Waals surface area (Å²) in [5, 5.41) is 14.3. The highest BCUT2D eigenvalue weighted by Crippen LogP contribution is 2.45. The number of non-ortho nitro benzene ring substituents is 1. The molecule has 0 saturated carbocycles. The molecule has 6 heteroatoms. The minimum absolute atomic E-state index is 0.0175. The number of anilines is 1. The predicted octanol–water partition coefficient (Wildman–Crippen LogP) is 5.22. The van der Waals surface area contributed by atoms with Crippen LogP contribution in [0, 0.1) is 15.5 Å². The van der Waals surface area contributed by atoms with Gasteiger partial charge in [0.1, 0.15) is 5.76 Å². The Bertz CT molecular complexity index is 870. The van der Waals surface area contributed by atoms with Crippen molar-refractivity contribution in [3.05, 3.63) is 45.7 Å². The molecule has 0 unspecified atom stereocenters. The molecule has 0 amide bonds. The molecule has 1 heterocycles. The van der Waals surface area contributed by atoms with Crippen LogP contribution in [0.2, 0.25) is 0 Å². The number of fused-ring (bicyclic) bond motifs is 1. The van der Waals surface area contributed by atoms with Crippen LogP contribution in [-0.2, 0) is 6.42 Å². The lowest BCUT2D eigenvalue weighted by molar-refractivity contribution is -0.384. The monoisotopic (exact) mass is 356 g/mol. The highest BCUT2D eigenvalue weighted by Gasteiger charge is 2.38. The van der Waals surface area contributed by atoms with Crippen LogP contribution in [0.3, 0.4) is 0 Å². The molecule has 2 aromatic rings. The number of Topliss-reactive ketones (excluding diaryl/α,β-unsaturated/α-hetero) is 1. The van der Waals surface area contributed by atoms with E-state index >= 15 is 0 Å². The third-order valence-electron chi connectivity index (χ3n) is 4.39. The number of rotatable bonds is 3. The van der Waals surface area contributed by atoms with Crippen molar-refractivity contribution in [2.45, 2.75) is 53.0 Å². The summed E-state index contributed by atoms with van der Waals surface area (Å²) in [6, 6.07) is 6.24. The number of carbonyl (C=O) groups excluding carboxylic acids is 1. The van der Waals surface area contributed by atoms with Crippen LogP contribution in [0.5, 0.6) is 0 Å². The Hall–Kier alpha value is -2.63. The van der Waals surface area contributed by atoms with Gasteiger partial charge in [-0.25, -0.2) is 0 Å². The van der Waals surface area contributed by atoms with Crippen molar-refractivity contribution >= 4 is 17.4 Å². The Balaban J connectivity index is 2.17. The van der Waals surface area contributed by atoms with E-state index in [1.165, 1.54) is 12.1 Å². The van der Waals surface area contributed by atoms with Gasteiger partial charge in [0.05, 0.1) is 16.1 Å². The van der Waals surface area contributed by atoms with Crippen LogP contribution in [0.15, 0.2) is 28.7 Å². The normalized spacial score (nSPS) is 16.3. The van der Waals surface area contributed by atoms with Gasteiger partial charge in [-0.15, -0.1) is 0 Å². The lowest BCUT2D eigenvalue weighted by Gasteiger charge is -2.27. The molecule has 0 saturated heterocycles. The molecule has 1 aromatic carbocycles. The zero-order chi connectivity index (χ0) is 19.3. The van der Waals surface area contributed by atoms with Gasteiger partial charge < -0.3 is 9.73 Å². The molecular weight excluding hydrogens is 332 g/mol. The van der Waals surface area contributed by atoms with Gasteiger partial charge in [0.25, 0.3) is 5.69 Å². The second kappa shape index (κ2) is 5.97. The topological polar surface area (TPSA) is 85.4 Å². The fraction of sp³-hybridized carbons (Fsp3) is 0.450. The van der Waals surface area contributed by atoms with E-state index in [4.69, 9.17) is 4.42 Å². The molecule has 1 aromatic heterocycles. The average Bonchev–Trinajstić information content (AvgIpc) is 2.81. The van der Waals surface area contributed by atoms with Crippen molar-refractivity contribution in [2.24, 2.45) is 5.41 Å². The van der Waals surface area contributed by atoms with Crippen molar-refractivity contribution in [1.82, 2.24) is 0 Å². The zero-order valence-electron chi connectivity index (χ0n) is 15.8. The largest absolute Gasteiger partial charge is 0.444 e. The molecule has 0 bridgehead atoms. The van der Waals surface area contributed by atoms with Gasteiger partial charge in [-0.3, -0.25) is 14.9 Å². The third-order valence-corrected chi connectivity index (χ3v) is 4.39. The second-order valence-corrected chi connectivity index (χ2v) is 8.72. The molecule has 1 aliphatic carbocycles. The van der Waals surface area contributed by atoms with Crippen LogP contribution in [0.25, 0.3) is 11.1 Å². The maximum atomic E-state index is 12.9. The second-order valence-electron chi connectivity index (χ2n) is 8.72. The number of furan rings is 1. The molecule has 1 aliphatic rings. The van der Waals surface area contributed by atoms with Gasteiger partial charge in [0, 0.05) is 30.5 Å². The molecule has 0 spiro atoms. The van der Waals surface area contributed by atoms with Gasteiger partial charge >= 0.3 is 0 Å². The van der Waals surface area contributed by atoms with E-state index in [1.54, 1.807) is 12.1 Å². The lowest BCUT2D eigenvalue weighted by Crippen LogP contribution is -2.26. The third kappa shape index (κ3) is 3.49. The van der Waals surface area contributed by atoms with E-state index in [-0.39, 0.29) is 22.4 Å². The first-order valence-corrected chi connectivity index (χ1v) is 8.69. The standard InChI is InChI=1S/C20H24N2O4/c1-19(2,3)21-18-16(12-6-8-13(9-7-12)22(24)25)17-14(23)10-20(4,5)11-15(17)26-18/h6-9,21H,10-11H2,1-5H3. The molecule has 138 valence electrons. The van der Waals surface area contributed by atoms with E-state index in [2.05, 4.69) is 19.2 Å². The van der Waals surface area contributed by atoms with E-state index < -0.39 is 4.92 Å². The molecule has 0 aliphatic heterocycles. The SMILES string of the molecule is CC1(C)CC(=O)c2c(oc(NC(C)(C)C)c2-c2ccc([N+](=O)[O-])cc2)C1. The molecule has 0 radical (unpaired) electrons. The lowest BCUT2D eigenvalue weighted by atomic mass is 9.75. The highest BCUT2D eigenvalue weighted by atomic mass is 16.6. The summed E-state index contributed by atoms with van der Waals surface area (Å²) in [6.45, 7) is 10.1. The summed E-state index contributed by atoms with van der Waals surface area (Å²) in [5.74, 6) is 1.28. The maximum absolute atomic E-state index is 12.9. The number of ketones is 1. The number of nitrogens with zero attached hydrogens (tertiary/aromatic N) is 1. The number of carbonyl (C=O) groups is 1. The zero-order valence-corrected chi connectivity index (χ0v) is 15.8. The predicted molar refractivity (Wildman–Crippen MR) is 101 cm³/mol. The van der Waals surface area contributed by atoms with Gasteiger partial charge in [-0.2, -0.15) is 0 Å². The molecule has 0 atom stereocenters. The van der Waals surface area contributed by atoms with Gasteiger partial charge in [-0.05, 0) is 43.9 Å². The van der Waals surface area contributed by atoms with Crippen molar-refractivity contribution in [3.8, 4) is 11.1 Å². The number of benzene rings is 1. The minimum atomic E-state index is -0.434. The summed E-state index contributed by atoms with van der Waals surface area (Å²) < 4.78 is 6.09. The first kappa shape index (κ1) is 18.2. The van der Waals surface area contributed by atoms with Crippen LogP contribution >= 0.6 is 0 Å². The van der Waals surface area contributed by atoms with Gasteiger partial charge in [0.15, 0.2) is 5.78 Å². The van der Waals surface area contributed by atoms with Crippen molar-refractivity contribution in [1.29, 1.82) is 0 Å². The van der Waals surface area contributed by atoms with Crippen molar-refractivity contribution in [2.75, 3.05) is 5.32 Å². The Morgan fingerprint density at radius 2 is 1.73 bits per heavy atom. The number of hydrogen-bond donors (Lipinski definition) is 1. The van der Waals surface area contributed by atoms with E-state index in [9.17, 15) is 14.9 Å². The number of hydrogen-bond acceptors (Lipinski definition) is 5. The van der Waals surface area contributed by atoms with E-state index in [0.717, 1.165) is 5.56 Å². The molecule has 3 rings (SSSR count). The first-order valence-electron chi connectivity index (χ1n) is 8.69. The highest BCUT2D eigenvalue weighted by molar-refractivity contribution is 6.07. The summed E-state index contributed by atoms with van der Waals surface area (Å²) in [7, 11) is 0. The molecule has 6 nitrogen and oxygen atoms in total. The fourth-order valence-electron chi connectivity index (χ4n) is 3.37. The smallest absolute Gasteiger partial charge is 0.269 e. The van der Waals surface area contributed by atoms with E-state index in [1.807, 2.05) is 20.8 Å². The number of nitro benzene ring substituents is 1. The fourth-order valence-corrected chi connectivity index (χ4v) is 3.37. The van der Waals surface area contributed by atoms with Gasteiger partial charge in [0.2, 0.25) is 5.88 Å². The van der Waals surface area contributed by atoms with E-state index in [0.29, 0.717) is 35.6 Å².